The zero-order chi connectivity index (χ0) is 20.8. The van der Waals surface area contributed by atoms with E-state index in [0.717, 1.165) is 22.4 Å². The van der Waals surface area contributed by atoms with Gasteiger partial charge in [-0.1, -0.05) is 24.3 Å². The normalized spacial score (nSPS) is 10.5. The summed E-state index contributed by atoms with van der Waals surface area (Å²) in [6, 6.07) is 15.0. The molecule has 1 N–H and O–H groups in total. The smallest absolute Gasteiger partial charge is 0.322 e. The number of methoxy groups -OCH3 is 2. The van der Waals surface area contributed by atoms with Crippen molar-refractivity contribution in [3.8, 4) is 11.5 Å². The molecule has 0 aliphatic heterocycles. The van der Waals surface area contributed by atoms with E-state index in [1.165, 1.54) is 0 Å². The maximum atomic E-state index is 13.1. The molecule has 2 amide bonds. The van der Waals surface area contributed by atoms with Crippen LogP contribution in [0.2, 0.25) is 0 Å². The van der Waals surface area contributed by atoms with E-state index in [-0.39, 0.29) is 6.03 Å². The van der Waals surface area contributed by atoms with Crippen LogP contribution in [0.5, 0.6) is 11.5 Å². The maximum absolute atomic E-state index is 13.1. The van der Waals surface area contributed by atoms with E-state index in [1.807, 2.05) is 62.4 Å². The molecule has 6 nitrogen and oxygen atoms in total. The van der Waals surface area contributed by atoms with Gasteiger partial charge in [-0.2, -0.15) is 0 Å². The summed E-state index contributed by atoms with van der Waals surface area (Å²) in [7, 11) is 3.19. The Labute approximate surface area is 171 Å². The zero-order valence-electron chi connectivity index (χ0n) is 17.2. The lowest BCUT2D eigenvalue weighted by atomic mass is 10.1. The van der Waals surface area contributed by atoms with Gasteiger partial charge < -0.3 is 24.1 Å². The van der Waals surface area contributed by atoms with Crippen LogP contribution >= 0.6 is 0 Å². The van der Waals surface area contributed by atoms with Crippen molar-refractivity contribution in [1.29, 1.82) is 0 Å². The Balaban J connectivity index is 1.85. The summed E-state index contributed by atoms with van der Waals surface area (Å²) in [5.74, 6) is 1.98. The number of carbonyl (C=O) groups is 1. The van der Waals surface area contributed by atoms with Crippen molar-refractivity contribution in [2.75, 3.05) is 19.5 Å². The van der Waals surface area contributed by atoms with Crippen LogP contribution in [0.15, 0.2) is 59.2 Å². The third-order valence-corrected chi connectivity index (χ3v) is 4.75. The molecule has 1 aromatic heterocycles. The number of ether oxygens (including phenoxy) is 2. The molecule has 0 atom stereocenters. The van der Waals surface area contributed by atoms with Crippen LogP contribution in [0, 0.1) is 13.8 Å². The van der Waals surface area contributed by atoms with E-state index < -0.39 is 0 Å². The number of nitrogens with zero attached hydrogens (tertiary/aromatic N) is 1. The lowest BCUT2D eigenvalue weighted by molar-refractivity contribution is 0.201. The average Bonchev–Trinajstić information content (AvgIpc) is 3.23. The Morgan fingerprint density at radius 2 is 1.69 bits per heavy atom. The Bertz CT molecular complexity index is 947. The van der Waals surface area contributed by atoms with Gasteiger partial charge in [0.15, 0.2) is 11.5 Å². The molecule has 0 aliphatic carbocycles. The highest BCUT2D eigenvalue weighted by Crippen LogP contribution is 2.28. The standard InChI is InChI=1S/C23H26N2O4/c1-16-7-5-8-17(2)22(16)24-23(26)25(15-19-9-6-12-29-19)14-18-10-11-20(27-3)21(13-18)28-4/h5-13H,14-15H2,1-4H3,(H,24,26). The minimum atomic E-state index is -0.200. The number of carbonyl (C=O) groups excluding carboxylic acids is 1. The molecular formula is C23H26N2O4. The Morgan fingerprint density at radius 3 is 2.31 bits per heavy atom. The largest absolute Gasteiger partial charge is 0.493 e. The molecule has 0 radical (unpaired) electrons. The fourth-order valence-corrected chi connectivity index (χ4v) is 3.19. The lowest BCUT2D eigenvalue weighted by Gasteiger charge is -2.24. The van der Waals surface area contributed by atoms with Crippen molar-refractivity contribution in [1.82, 2.24) is 4.90 Å². The summed E-state index contributed by atoms with van der Waals surface area (Å²) in [4.78, 5) is 14.8. The number of para-hydroxylation sites is 1. The van der Waals surface area contributed by atoms with Gasteiger partial charge in [-0.15, -0.1) is 0 Å². The molecule has 3 rings (SSSR count). The Kier molecular flexibility index (Phi) is 6.44. The van der Waals surface area contributed by atoms with Gasteiger partial charge in [0.2, 0.25) is 0 Å². The second-order valence-electron chi connectivity index (χ2n) is 6.82. The first-order valence-corrected chi connectivity index (χ1v) is 9.37. The van der Waals surface area contributed by atoms with Crippen LogP contribution in [0.1, 0.15) is 22.5 Å². The molecule has 0 spiro atoms. The summed E-state index contributed by atoms with van der Waals surface area (Å²) in [5.41, 5.74) is 3.78. The molecule has 6 heteroatoms. The summed E-state index contributed by atoms with van der Waals surface area (Å²) in [6.45, 7) is 4.69. The Hall–Kier alpha value is -3.41. The van der Waals surface area contributed by atoms with Gasteiger partial charge >= 0.3 is 6.03 Å². The molecular weight excluding hydrogens is 368 g/mol. The SMILES string of the molecule is COc1ccc(CN(Cc2ccco2)C(=O)Nc2c(C)cccc2C)cc1OC. The number of furan rings is 1. The summed E-state index contributed by atoms with van der Waals surface area (Å²) in [5, 5.41) is 3.05. The van der Waals surface area contributed by atoms with Crippen molar-refractivity contribution in [3.05, 3.63) is 77.2 Å². The third kappa shape index (κ3) is 4.90. The van der Waals surface area contributed by atoms with Crippen molar-refractivity contribution in [2.45, 2.75) is 26.9 Å². The average molecular weight is 394 g/mol. The minimum Gasteiger partial charge on any atom is -0.493 e. The van der Waals surface area contributed by atoms with E-state index >= 15 is 0 Å². The molecule has 3 aromatic rings. The zero-order valence-corrected chi connectivity index (χ0v) is 17.2. The highest BCUT2D eigenvalue weighted by molar-refractivity contribution is 5.91. The molecule has 0 bridgehead atoms. The first-order chi connectivity index (χ1) is 14.0. The van der Waals surface area contributed by atoms with Crippen molar-refractivity contribution >= 4 is 11.7 Å². The summed E-state index contributed by atoms with van der Waals surface area (Å²) < 4.78 is 16.2. The van der Waals surface area contributed by atoms with Gasteiger partial charge in [0, 0.05) is 12.2 Å². The van der Waals surface area contributed by atoms with Crippen LogP contribution in [0.4, 0.5) is 10.5 Å². The molecule has 0 unspecified atom stereocenters. The second-order valence-corrected chi connectivity index (χ2v) is 6.82. The number of rotatable bonds is 7. The van der Waals surface area contributed by atoms with Crippen LogP contribution < -0.4 is 14.8 Å². The number of anilines is 1. The third-order valence-electron chi connectivity index (χ3n) is 4.75. The summed E-state index contributed by atoms with van der Waals surface area (Å²) in [6.07, 6.45) is 1.60. The molecule has 29 heavy (non-hydrogen) atoms. The van der Waals surface area contributed by atoms with Crippen molar-refractivity contribution in [3.63, 3.8) is 0 Å². The number of nitrogens with one attached hydrogen (secondary N) is 1. The molecule has 152 valence electrons. The molecule has 0 fully saturated rings. The fourth-order valence-electron chi connectivity index (χ4n) is 3.19. The van der Waals surface area contributed by atoms with Gasteiger partial charge in [-0.05, 0) is 54.8 Å². The summed E-state index contributed by atoms with van der Waals surface area (Å²) >= 11 is 0. The van der Waals surface area contributed by atoms with Gasteiger partial charge in [0.25, 0.3) is 0 Å². The number of amides is 2. The van der Waals surface area contributed by atoms with E-state index in [2.05, 4.69) is 5.32 Å². The van der Waals surface area contributed by atoms with Crippen LogP contribution in [-0.2, 0) is 13.1 Å². The number of benzene rings is 2. The predicted molar refractivity (Wildman–Crippen MR) is 112 cm³/mol. The van der Waals surface area contributed by atoms with Crippen LogP contribution in [-0.4, -0.2) is 25.2 Å². The number of aryl methyl sites for hydroxylation is 2. The van der Waals surface area contributed by atoms with Crippen molar-refractivity contribution in [2.24, 2.45) is 0 Å². The molecule has 0 saturated heterocycles. The van der Waals surface area contributed by atoms with E-state index in [0.29, 0.717) is 30.3 Å². The van der Waals surface area contributed by atoms with E-state index in [1.54, 1.807) is 25.4 Å². The first-order valence-electron chi connectivity index (χ1n) is 9.37. The fraction of sp³-hybridized carbons (Fsp3) is 0.261. The number of hydrogen-bond donors (Lipinski definition) is 1. The van der Waals surface area contributed by atoms with Gasteiger partial charge in [-0.25, -0.2) is 4.79 Å². The lowest BCUT2D eigenvalue weighted by Crippen LogP contribution is -2.34. The number of urea groups is 1. The number of hydrogen-bond acceptors (Lipinski definition) is 4. The highest BCUT2D eigenvalue weighted by atomic mass is 16.5. The quantitative estimate of drug-likeness (QED) is 0.602. The molecule has 0 aliphatic rings. The topological polar surface area (TPSA) is 63.9 Å². The van der Waals surface area contributed by atoms with Gasteiger partial charge in [0.1, 0.15) is 5.76 Å². The van der Waals surface area contributed by atoms with Crippen molar-refractivity contribution < 1.29 is 18.7 Å². The van der Waals surface area contributed by atoms with Gasteiger partial charge in [-0.3, -0.25) is 0 Å². The minimum absolute atomic E-state index is 0.200. The molecule has 0 saturated carbocycles. The monoisotopic (exact) mass is 394 g/mol. The van der Waals surface area contributed by atoms with Crippen LogP contribution in [0.3, 0.4) is 0 Å². The highest BCUT2D eigenvalue weighted by Gasteiger charge is 2.18. The molecule has 2 aromatic carbocycles. The second kappa shape index (κ2) is 9.19. The maximum Gasteiger partial charge on any atom is 0.322 e. The Morgan fingerprint density at radius 1 is 0.966 bits per heavy atom. The van der Waals surface area contributed by atoms with Gasteiger partial charge in [0.05, 0.1) is 27.0 Å². The first kappa shape index (κ1) is 20.3. The van der Waals surface area contributed by atoms with Crippen LogP contribution in [0.25, 0.3) is 0 Å². The van der Waals surface area contributed by atoms with E-state index in [9.17, 15) is 4.79 Å². The van der Waals surface area contributed by atoms with E-state index in [4.69, 9.17) is 13.9 Å². The predicted octanol–water partition coefficient (Wildman–Crippen LogP) is 5.15. The molecule has 1 heterocycles.